The van der Waals surface area contributed by atoms with Crippen molar-refractivity contribution in [3.05, 3.63) is 0 Å². The number of aliphatic carboxylic acids is 2. The maximum Gasteiger partial charge on any atom is 0.320 e. The molecule has 5 nitrogen and oxygen atoms in total. The molecule has 0 spiro atoms. The number of hydrogen-bond donors (Lipinski definition) is 3. The number of rotatable bonds is 3. The summed E-state index contributed by atoms with van der Waals surface area (Å²) in [6, 6.07) is 0. The minimum Gasteiger partial charge on any atom is -0.481 e. The van der Waals surface area contributed by atoms with Crippen LogP contribution in [-0.4, -0.2) is 32.3 Å². The van der Waals surface area contributed by atoms with E-state index in [9.17, 15) is 19.8 Å². The molecule has 0 aromatic heterocycles. The fourth-order valence-electron chi connectivity index (χ4n) is 2.27. The fraction of sp³-hybridized carbons (Fsp3) is 0.800. The number of carboxylic acids is 2. The van der Waals surface area contributed by atoms with Crippen molar-refractivity contribution in [3.8, 4) is 0 Å². The number of carbonyl (C=O) groups is 2. The van der Waals surface area contributed by atoms with E-state index >= 15 is 0 Å². The van der Waals surface area contributed by atoms with Gasteiger partial charge in [-0.05, 0) is 19.3 Å². The molecule has 1 heterocycles. The van der Waals surface area contributed by atoms with Crippen LogP contribution in [0.1, 0.15) is 27.2 Å². The van der Waals surface area contributed by atoms with Crippen molar-refractivity contribution in [1.82, 2.24) is 0 Å². The lowest BCUT2D eigenvalue weighted by Crippen LogP contribution is -2.48. The van der Waals surface area contributed by atoms with E-state index < -0.39 is 33.4 Å². The molecule has 1 aliphatic rings. The highest BCUT2D eigenvalue weighted by Gasteiger charge is 2.64. The Kier molecular flexibility index (Phi) is 3.27. The van der Waals surface area contributed by atoms with Crippen LogP contribution in [0.15, 0.2) is 0 Å². The van der Waals surface area contributed by atoms with Crippen LogP contribution < -0.4 is 5.73 Å². The van der Waals surface area contributed by atoms with Crippen molar-refractivity contribution in [2.24, 2.45) is 17.1 Å². The summed E-state index contributed by atoms with van der Waals surface area (Å²) in [5, 5.41) is 17.8. The molecule has 0 aromatic rings. The molecule has 0 radical (unpaired) electrons. The molecule has 4 atom stereocenters. The van der Waals surface area contributed by atoms with Crippen LogP contribution in [0, 0.1) is 11.3 Å². The minimum absolute atomic E-state index is 0.366. The second kappa shape index (κ2) is 3.92. The van der Waals surface area contributed by atoms with E-state index in [1.54, 1.807) is 13.8 Å². The van der Waals surface area contributed by atoms with Gasteiger partial charge in [-0.1, -0.05) is 13.8 Å². The fourth-order valence-corrected chi connectivity index (χ4v) is 3.98. The molecule has 6 heteroatoms. The maximum absolute atomic E-state index is 11.4. The summed E-state index contributed by atoms with van der Waals surface area (Å²) in [6.45, 7) is 4.93. The van der Waals surface area contributed by atoms with Crippen LogP contribution in [0.3, 0.4) is 0 Å². The summed E-state index contributed by atoms with van der Waals surface area (Å²) >= 11 is 1.06. The van der Waals surface area contributed by atoms with Gasteiger partial charge in [-0.25, -0.2) is 0 Å². The van der Waals surface area contributed by atoms with Crippen LogP contribution in [-0.2, 0) is 9.59 Å². The van der Waals surface area contributed by atoms with Gasteiger partial charge in [0.2, 0.25) is 0 Å². The van der Waals surface area contributed by atoms with Crippen molar-refractivity contribution in [2.75, 3.05) is 0 Å². The van der Waals surface area contributed by atoms with E-state index in [0.29, 0.717) is 6.42 Å². The molecule has 0 saturated carbocycles. The lowest BCUT2D eigenvalue weighted by Gasteiger charge is -2.32. The third kappa shape index (κ3) is 1.43. The van der Waals surface area contributed by atoms with Crippen LogP contribution in [0.5, 0.6) is 0 Å². The predicted octanol–water partition coefficient (Wildman–Crippen LogP) is 0.978. The van der Waals surface area contributed by atoms with Gasteiger partial charge in [0, 0.05) is 0 Å². The van der Waals surface area contributed by atoms with E-state index in [0.717, 1.165) is 11.8 Å². The van der Waals surface area contributed by atoms with Gasteiger partial charge in [0.1, 0.15) is 4.75 Å². The topological polar surface area (TPSA) is 101 Å². The van der Waals surface area contributed by atoms with E-state index in [2.05, 4.69) is 0 Å². The van der Waals surface area contributed by atoms with Crippen molar-refractivity contribution < 1.29 is 19.8 Å². The summed E-state index contributed by atoms with van der Waals surface area (Å²) < 4.78 is -1.09. The first-order valence-corrected chi connectivity index (χ1v) is 6.01. The summed E-state index contributed by atoms with van der Waals surface area (Å²) in [4.78, 5) is 22.6. The van der Waals surface area contributed by atoms with Crippen LogP contribution in [0.2, 0.25) is 0 Å². The molecule has 16 heavy (non-hydrogen) atoms. The van der Waals surface area contributed by atoms with Crippen molar-refractivity contribution in [1.29, 1.82) is 0 Å². The second-order valence-electron chi connectivity index (χ2n) is 4.40. The standard InChI is InChI=1S/C10H17NO4S/c1-4-10(8(14)15)5(2)9(3,7(12)13)6(11)16-10/h5-6H,4,11H2,1-3H3,(H,12,13)(H,14,15)/t5-,6-,9+,10+/m0/s1. The summed E-state index contributed by atoms with van der Waals surface area (Å²) in [7, 11) is 0. The number of hydrogen-bond acceptors (Lipinski definition) is 4. The molecular weight excluding hydrogens is 230 g/mol. The Hall–Kier alpha value is -0.750. The number of nitrogens with two attached hydrogens (primary N) is 1. The van der Waals surface area contributed by atoms with Gasteiger partial charge in [-0.2, -0.15) is 0 Å². The van der Waals surface area contributed by atoms with Crippen LogP contribution in [0.25, 0.3) is 0 Å². The largest absolute Gasteiger partial charge is 0.481 e. The molecule has 0 aliphatic carbocycles. The molecule has 1 aliphatic heterocycles. The Bertz CT molecular complexity index is 335. The van der Waals surface area contributed by atoms with E-state index in [-0.39, 0.29) is 0 Å². The van der Waals surface area contributed by atoms with Crippen molar-refractivity contribution in [2.45, 2.75) is 37.3 Å². The Morgan fingerprint density at radius 3 is 2.06 bits per heavy atom. The summed E-state index contributed by atoms with van der Waals surface area (Å²) in [5.41, 5.74) is 4.62. The summed E-state index contributed by atoms with van der Waals surface area (Å²) in [6.07, 6.45) is 0.366. The Labute approximate surface area is 98.4 Å². The van der Waals surface area contributed by atoms with Crippen molar-refractivity contribution in [3.63, 3.8) is 0 Å². The van der Waals surface area contributed by atoms with E-state index in [1.165, 1.54) is 6.92 Å². The SMILES string of the molecule is CC[C@@]1(C(=O)O)S[C@H](N)[C@](C)(C(=O)O)[C@@H]1C. The van der Waals surface area contributed by atoms with Gasteiger partial charge < -0.3 is 15.9 Å². The zero-order chi connectivity index (χ0) is 12.7. The van der Waals surface area contributed by atoms with E-state index in [1.807, 2.05) is 0 Å². The van der Waals surface area contributed by atoms with E-state index in [4.69, 9.17) is 5.73 Å². The maximum atomic E-state index is 11.4. The average Bonchev–Trinajstić information content (AvgIpc) is 2.41. The molecule has 1 fully saturated rings. The third-order valence-corrected chi connectivity index (χ3v) is 5.86. The first-order chi connectivity index (χ1) is 7.23. The first-order valence-electron chi connectivity index (χ1n) is 5.13. The van der Waals surface area contributed by atoms with Crippen LogP contribution >= 0.6 is 11.8 Å². The highest BCUT2D eigenvalue weighted by atomic mass is 32.2. The Morgan fingerprint density at radius 2 is 1.88 bits per heavy atom. The normalized spacial score (nSPS) is 43.2. The van der Waals surface area contributed by atoms with Gasteiger partial charge in [0.15, 0.2) is 0 Å². The highest BCUT2D eigenvalue weighted by molar-refractivity contribution is 8.02. The Morgan fingerprint density at radius 1 is 1.38 bits per heavy atom. The van der Waals surface area contributed by atoms with Gasteiger partial charge in [0.05, 0.1) is 10.8 Å². The predicted molar refractivity (Wildman–Crippen MR) is 61.1 cm³/mol. The molecule has 0 aromatic carbocycles. The van der Waals surface area contributed by atoms with Crippen molar-refractivity contribution >= 4 is 23.7 Å². The quantitative estimate of drug-likeness (QED) is 0.687. The van der Waals surface area contributed by atoms with Gasteiger partial charge >= 0.3 is 11.9 Å². The van der Waals surface area contributed by atoms with Crippen LogP contribution in [0.4, 0.5) is 0 Å². The highest BCUT2D eigenvalue weighted by Crippen LogP contribution is 2.57. The van der Waals surface area contributed by atoms with Gasteiger partial charge in [-0.15, -0.1) is 11.8 Å². The lowest BCUT2D eigenvalue weighted by molar-refractivity contribution is -0.153. The second-order valence-corrected chi connectivity index (χ2v) is 5.87. The number of thioether (sulfide) groups is 1. The first kappa shape index (κ1) is 13.3. The number of carboxylic acid groups (broad SMARTS) is 2. The van der Waals surface area contributed by atoms with Gasteiger partial charge in [0.25, 0.3) is 0 Å². The molecule has 0 unspecified atom stereocenters. The Balaban J connectivity index is 3.25. The zero-order valence-corrected chi connectivity index (χ0v) is 10.4. The zero-order valence-electron chi connectivity index (χ0n) is 9.56. The minimum atomic E-state index is -1.20. The molecule has 92 valence electrons. The molecule has 1 rings (SSSR count). The summed E-state index contributed by atoms with van der Waals surface area (Å²) in [5.74, 6) is -2.52. The molecule has 0 bridgehead atoms. The monoisotopic (exact) mass is 247 g/mol. The molecule has 0 amide bonds. The molecule has 1 saturated heterocycles. The third-order valence-electron chi connectivity index (χ3n) is 3.88. The molecular formula is C10H17NO4S. The van der Waals surface area contributed by atoms with Gasteiger partial charge in [-0.3, -0.25) is 9.59 Å². The molecule has 4 N–H and O–H groups in total. The smallest absolute Gasteiger partial charge is 0.320 e. The average molecular weight is 247 g/mol. The lowest BCUT2D eigenvalue weighted by atomic mass is 9.70.